The zero-order valence-electron chi connectivity index (χ0n) is 20.0. The maximum Gasteiger partial charge on any atom is 0.304 e. The van der Waals surface area contributed by atoms with Gasteiger partial charge in [-0.25, -0.2) is 0 Å². The normalized spacial score (nSPS) is 32.9. The average molecular weight is 442 g/mol. The molecule has 0 spiro atoms. The summed E-state index contributed by atoms with van der Waals surface area (Å²) in [4.78, 5) is 12.0. The van der Waals surface area contributed by atoms with E-state index in [0.717, 1.165) is 0 Å². The second-order valence-electron chi connectivity index (χ2n) is 11.6. The molecule has 5 atom stereocenters. The van der Waals surface area contributed by atoms with Crippen molar-refractivity contribution in [3.63, 3.8) is 0 Å². The van der Waals surface area contributed by atoms with Crippen molar-refractivity contribution in [2.24, 2.45) is 0 Å². The number of hydrogen-bond acceptors (Lipinski definition) is 6. The number of carbonyl (C=O) groups excluding carboxylic acids is 1. The van der Waals surface area contributed by atoms with Gasteiger partial charge < -0.3 is 18.3 Å². The second-order valence-corrected chi connectivity index (χ2v) is 21.1. The van der Waals surface area contributed by atoms with Gasteiger partial charge in [0.25, 0.3) is 0 Å². The molecule has 1 aliphatic heterocycles. The molecule has 0 aromatic rings. The Morgan fingerprint density at radius 2 is 1.48 bits per heavy atom. The van der Waals surface area contributed by atoms with Crippen LogP contribution in [-0.2, 0) is 23.1 Å². The second kappa shape index (κ2) is 7.45. The van der Waals surface area contributed by atoms with Crippen molar-refractivity contribution in [2.75, 3.05) is 0 Å². The Kier molecular flexibility index (Phi) is 6.30. The maximum absolute atomic E-state index is 12.0. The van der Waals surface area contributed by atoms with Crippen LogP contribution in [0.15, 0.2) is 0 Å². The van der Waals surface area contributed by atoms with E-state index in [-0.39, 0.29) is 34.8 Å². The van der Waals surface area contributed by atoms with Crippen LogP contribution in [0.5, 0.6) is 0 Å². The van der Waals surface area contributed by atoms with Gasteiger partial charge in [0.2, 0.25) is 5.60 Å². The van der Waals surface area contributed by atoms with Crippen LogP contribution in [0, 0.1) is 11.3 Å². The number of esters is 1. The Labute approximate surface area is 178 Å². The highest BCUT2D eigenvalue weighted by molar-refractivity contribution is 6.74. The van der Waals surface area contributed by atoms with Gasteiger partial charge in [0.05, 0.1) is 6.10 Å². The zero-order valence-corrected chi connectivity index (χ0v) is 22.0. The van der Waals surface area contributed by atoms with Gasteiger partial charge in [-0.15, -0.1) is 0 Å². The number of carbonyl (C=O) groups is 1. The molecule has 6 nitrogen and oxygen atoms in total. The summed E-state index contributed by atoms with van der Waals surface area (Å²) in [6.07, 6.45) is -1.00. The first-order valence-corrected chi connectivity index (χ1v) is 16.3. The number of rotatable bonds is 5. The van der Waals surface area contributed by atoms with Crippen LogP contribution in [0.1, 0.15) is 54.9 Å². The van der Waals surface area contributed by atoms with Crippen molar-refractivity contribution < 1.29 is 23.1 Å². The van der Waals surface area contributed by atoms with E-state index in [1.807, 2.05) is 0 Å². The standard InChI is InChI=1S/C21H39NO5Si2/c1-14(23)25-21(13-22)12-15(26-28(8,9)19(2,3)4)16-17(24-16)18(21)27-29(10,11)20(5,6)7/h15-18H,12H2,1-11H3/t15-,16+,17+,18-,21+/m1/s1. The molecule has 0 aromatic carbocycles. The van der Waals surface area contributed by atoms with Crippen LogP contribution < -0.4 is 0 Å². The number of hydrogen-bond donors (Lipinski definition) is 0. The van der Waals surface area contributed by atoms with Crippen LogP contribution in [-0.4, -0.2) is 52.6 Å². The number of nitriles is 1. The van der Waals surface area contributed by atoms with Crippen molar-refractivity contribution in [2.45, 2.75) is 121 Å². The molecule has 2 aliphatic rings. The lowest BCUT2D eigenvalue weighted by molar-refractivity contribution is -0.167. The van der Waals surface area contributed by atoms with Crippen LogP contribution >= 0.6 is 0 Å². The smallest absolute Gasteiger partial charge is 0.304 e. The van der Waals surface area contributed by atoms with Gasteiger partial charge in [-0.3, -0.25) is 4.79 Å². The molecule has 1 heterocycles. The average Bonchev–Trinajstić information content (AvgIpc) is 3.28. The molecule has 1 saturated carbocycles. The summed E-state index contributed by atoms with van der Waals surface area (Å²) in [5, 5.41) is 10.2. The summed E-state index contributed by atoms with van der Waals surface area (Å²) in [6.45, 7) is 23.0. The van der Waals surface area contributed by atoms with Gasteiger partial charge in [-0.2, -0.15) is 5.26 Å². The lowest BCUT2D eigenvalue weighted by Crippen LogP contribution is -2.61. The highest BCUT2D eigenvalue weighted by Crippen LogP contribution is 2.51. The molecule has 166 valence electrons. The Balaban J connectivity index is 2.37. The first-order chi connectivity index (χ1) is 12.9. The minimum atomic E-state index is -2.22. The van der Waals surface area contributed by atoms with Gasteiger partial charge in [0, 0.05) is 13.3 Å². The van der Waals surface area contributed by atoms with Gasteiger partial charge in [0.15, 0.2) is 16.6 Å². The predicted molar refractivity (Wildman–Crippen MR) is 118 cm³/mol. The molecule has 0 aromatic heterocycles. The number of ether oxygens (including phenoxy) is 2. The Hall–Kier alpha value is -0.726. The molecule has 2 rings (SSSR count). The molecule has 8 heteroatoms. The van der Waals surface area contributed by atoms with Crippen molar-refractivity contribution in [3.8, 4) is 6.07 Å². The fraction of sp³-hybridized carbons (Fsp3) is 0.905. The summed E-state index contributed by atoms with van der Waals surface area (Å²) in [6, 6.07) is 2.29. The van der Waals surface area contributed by atoms with E-state index < -0.39 is 34.3 Å². The minimum Gasteiger partial charge on any atom is -0.441 e. The lowest BCUT2D eigenvalue weighted by atomic mass is 9.81. The SMILES string of the molecule is CC(=O)O[C@]1(C#N)C[C@@H](O[Si](C)(C)C(C)(C)C)[C@@H]2O[C@@H]2[C@H]1O[Si](C)(C)C(C)(C)C. The third kappa shape index (κ3) is 4.80. The summed E-state index contributed by atoms with van der Waals surface area (Å²) >= 11 is 0. The van der Waals surface area contributed by atoms with E-state index in [0.29, 0.717) is 0 Å². The van der Waals surface area contributed by atoms with Crippen molar-refractivity contribution >= 4 is 22.6 Å². The van der Waals surface area contributed by atoms with E-state index in [4.69, 9.17) is 18.3 Å². The molecule has 0 N–H and O–H groups in total. The van der Waals surface area contributed by atoms with Crippen molar-refractivity contribution in [1.82, 2.24) is 0 Å². The Bertz CT molecular complexity index is 689. The first-order valence-electron chi connectivity index (χ1n) is 10.5. The highest BCUT2D eigenvalue weighted by Gasteiger charge is 2.68. The summed E-state index contributed by atoms with van der Waals surface area (Å²) in [5.74, 6) is -0.486. The van der Waals surface area contributed by atoms with E-state index in [1.54, 1.807) is 0 Å². The van der Waals surface area contributed by atoms with Crippen molar-refractivity contribution in [3.05, 3.63) is 0 Å². The quantitative estimate of drug-likeness (QED) is 0.347. The molecule has 0 bridgehead atoms. The third-order valence-electron chi connectivity index (χ3n) is 7.19. The van der Waals surface area contributed by atoms with Crippen LogP contribution in [0.4, 0.5) is 0 Å². The molecule has 1 aliphatic carbocycles. The minimum absolute atomic E-state index is 0.0304. The number of epoxide rings is 1. The van der Waals surface area contributed by atoms with Gasteiger partial charge >= 0.3 is 5.97 Å². The Morgan fingerprint density at radius 1 is 1.00 bits per heavy atom. The molecule has 0 unspecified atom stereocenters. The van der Waals surface area contributed by atoms with E-state index in [1.165, 1.54) is 6.92 Å². The first kappa shape index (κ1) is 24.5. The predicted octanol–water partition coefficient (Wildman–Crippen LogP) is 4.76. The number of nitrogens with zero attached hydrogens (tertiary/aromatic N) is 1. The molecule has 0 radical (unpaired) electrons. The maximum atomic E-state index is 12.0. The number of fused-ring (bicyclic) bond motifs is 1. The molecular weight excluding hydrogens is 402 g/mol. The molecule has 2 fully saturated rings. The summed E-state index contributed by atoms with van der Waals surface area (Å²) < 4.78 is 24.9. The fourth-order valence-electron chi connectivity index (χ4n) is 3.28. The molecule has 0 amide bonds. The zero-order chi connectivity index (χ0) is 22.6. The van der Waals surface area contributed by atoms with Crippen molar-refractivity contribution in [1.29, 1.82) is 5.26 Å². The van der Waals surface area contributed by atoms with Crippen LogP contribution in [0.2, 0.25) is 36.3 Å². The summed E-state index contributed by atoms with van der Waals surface area (Å²) in [5.41, 5.74) is -1.40. The van der Waals surface area contributed by atoms with Gasteiger partial charge in [-0.05, 0) is 36.3 Å². The van der Waals surface area contributed by atoms with E-state index >= 15 is 0 Å². The van der Waals surface area contributed by atoms with Crippen LogP contribution in [0.25, 0.3) is 0 Å². The monoisotopic (exact) mass is 441 g/mol. The van der Waals surface area contributed by atoms with E-state index in [2.05, 4.69) is 73.8 Å². The third-order valence-corrected chi connectivity index (χ3v) is 16.1. The Morgan fingerprint density at radius 3 is 1.90 bits per heavy atom. The van der Waals surface area contributed by atoms with E-state index in [9.17, 15) is 10.1 Å². The van der Waals surface area contributed by atoms with Gasteiger partial charge in [-0.1, -0.05) is 41.5 Å². The van der Waals surface area contributed by atoms with Gasteiger partial charge in [0.1, 0.15) is 24.4 Å². The lowest BCUT2D eigenvalue weighted by Gasteiger charge is -2.47. The largest absolute Gasteiger partial charge is 0.441 e. The van der Waals surface area contributed by atoms with Crippen LogP contribution in [0.3, 0.4) is 0 Å². The molecule has 1 saturated heterocycles. The topological polar surface area (TPSA) is 81.1 Å². The highest BCUT2D eigenvalue weighted by atomic mass is 28.4. The molecule has 29 heavy (non-hydrogen) atoms. The summed E-state index contributed by atoms with van der Waals surface area (Å²) in [7, 11) is -4.30. The fourth-order valence-corrected chi connectivity index (χ4v) is 5.92. The molecular formula is C21H39NO5Si2.